The average Bonchev–Trinajstić information content (AvgIpc) is 3.19. The molecule has 0 N–H and O–H groups in total. The predicted molar refractivity (Wildman–Crippen MR) is 97.2 cm³/mol. The molecular weight excluding hydrogens is 306 g/mol. The van der Waals surface area contributed by atoms with Gasteiger partial charge in [0.1, 0.15) is 11.2 Å². The molecule has 1 aliphatic heterocycles. The minimum absolute atomic E-state index is 0.711. The molecule has 2 nitrogen and oxygen atoms in total. The highest BCUT2D eigenvalue weighted by molar-refractivity contribution is 6.34. The van der Waals surface area contributed by atoms with Crippen molar-refractivity contribution in [3.05, 3.63) is 59.1 Å². The van der Waals surface area contributed by atoms with Crippen LogP contribution in [0.25, 0.3) is 11.2 Å². The Morgan fingerprint density at radius 1 is 1.13 bits per heavy atom. The standard InChI is InChI=1S/C14H21N.C6H3ClO/c1-2-14-10-6-7-11-15(14)12-13-8-4-3-5-9-13;7-5-3-4-1-2-6(5)8-4/h3-5,8-9,14H,2,6-7,10-12H2,1H3;1-3H. The lowest BCUT2D eigenvalue weighted by Crippen LogP contribution is -2.38. The molecule has 4 rings (SSSR count). The van der Waals surface area contributed by atoms with Crippen LogP contribution in [0.15, 0.2) is 52.9 Å². The number of rotatable bonds is 3. The third kappa shape index (κ3) is 4.27. The van der Waals surface area contributed by atoms with Crippen LogP contribution in [0.4, 0.5) is 0 Å². The maximum Gasteiger partial charge on any atom is 0.146 e. The lowest BCUT2D eigenvalue weighted by molar-refractivity contribution is 0.136. The zero-order valence-corrected chi connectivity index (χ0v) is 14.4. The van der Waals surface area contributed by atoms with Gasteiger partial charge in [0.25, 0.3) is 0 Å². The van der Waals surface area contributed by atoms with Gasteiger partial charge in [0.15, 0.2) is 0 Å². The van der Waals surface area contributed by atoms with Crippen molar-refractivity contribution in [3.8, 4) is 0 Å². The Labute approximate surface area is 143 Å². The van der Waals surface area contributed by atoms with E-state index >= 15 is 0 Å². The van der Waals surface area contributed by atoms with Crippen molar-refractivity contribution in [3.63, 3.8) is 0 Å². The van der Waals surface area contributed by atoms with Crippen LogP contribution in [-0.2, 0) is 6.54 Å². The molecule has 0 saturated carbocycles. The van der Waals surface area contributed by atoms with Crippen LogP contribution in [0.1, 0.15) is 38.2 Å². The lowest BCUT2D eigenvalue weighted by Gasteiger charge is -2.35. The zero-order chi connectivity index (χ0) is 16.1. The highest BCUT2D eigenvalue weighted by Gasteiger charge is 2.20. The first-order valence-corrected chi connectivity index (χ1v) is 8.89. The van der Waals surface area contributed by atoms with E-state index in [1.807, 2.05) is 12.1 Å². The maximum atomic E-state index is 5.64. The number of furan rings is 2. The highest BCUT2D eigenvalue weighted by Crippen LogP contribution is 2.25. The first kappa shape index (κ1) is 16.4. The molecule has 1 atom stereocenters. The van der Waals surface area contributed by atoms with Crippen LogP contribution < -0.4 is 0 Å². The Morgan fingerprint density at radius 3 is 2.52 bits per heavy atom. The molecular formula is C20H24ClNO. The van der Waals surface area contributed by atoms with Gasteiger partial charge >= 0.3 is 0 Å². The SMILES string of the molecule is CCC1CCCCN1Cc1ccccc1.Clc1cc2ccc1o2. The van der Waals surface area contributed by atoms with Gasteiger partial charge in [-0.3, -0.25) is 4.90 Å². The smallest absolute Gasteiger partial charge is 0.146 e. The third-order valence-electron chi connectivity index (χ3n) is 4.58. The van der Waals surface area contributed by atoms with Crippen LogP contribution in [0.2, 0.25) is 5.02 Å². The van der Waals surface area contributed by atoms with E-state index in [2.05, 4.69) is 42.2 Å². The van der Waals surface area contributed by atoms with Crippen LogP contribution in [-0.4, -0.2) is 17.5 Å². The number of likely N-dealkylation sites (tertiary alicyclic amines) is 1. The van der Waals surface area contributed by atoms with E-state index in [0.29, 0.717) is 5.02 Å². The van der Waals surface area contributed by atoms with Crippen molar-refractivity contribution in [2.45, 2.75) is 45.2 Å². The number of halogens is 1. The van der Waals surface area contributed by atoms with Gasteiger partial charge in [0.05, 0.1) is 5.02 Å². The van der Waals surface area contributed by atoms with E-state index in [1.165, 1.54) is 37.8 Å². The molecule has 2 bridgehead atoms. The third-order valence-corrected chi connectivity index (χ3v) is 4.88. The molecule has 3 aromatic rings. The van der Waals surface area contributed by atoms with Crippen molar-refractivity contribution in [1.29, 1.82) is 0 Å². The van der Waals surface area contributed by atoms with Crippen molar-refractivity contribution in [2.75, 3.05) is 6.54 Å². The Balaban J connectivity index is 0.000000162. The molecule has 1 aliphatic rings. The summed E-state index contributed by atoms with van der Waals surface area (Å²) in [5.41, 5.74) is 3.09. The fourth-order valence-corrected chi connectivity index (χ4v) is 3.51. The quantitative estimate of drug-likeness (QED) is 0.588. The summed E-state index contributed by atoms with van der Waals surface area (Å²) < 4.78 is 5.08. The summed E-state index contributed by atoms with van der Waals surface area (Å²) in [7, 11) is 0. The molecule has 3 heteroatoms. The predicted octanol–water partition coefficient (Wildman–Crippen LogP) is 5.98. The molecule has 1 fully saturated rings. The first-order chi connectivity index (χ1) is 11.3. The number of hydrogen-bond donors (Lipinski definition) is 0. The molecule has 0 aliphatic carbocycles. The van der Waals surface area contributed by atoms with Gasteiger partial charge in [-0.05, 0) is 43.5 Å². The van der Waals surface area contributed by atoms with Crippen LogP contribution in [0.3, 0.4) is 0 Å². The van der Waals surface area contributed by atoms with Gasteiger partial charge in [0.2, 0.25) is 0 Å². The van der Waals surface area contributed by atoms with Crippen molar-refractivity contribution in [2.24, 2.45) is 0 Å². The van der Waals surface area contributed by atoms with E-state index in [-0.39, 0.29) is 0 Å². The minimum atomic E-state index is 0.711. The fourth-order valence-electron chi connectivity index (χ4n) is 3.30. The van der Waals surface area contributed by atoms with Gasteiger partial charge in [-0.2, -0.15) is 0 Å². The second-order valence-corrected chi connectivity index (χ2v) is 6.62. The molecule has 1 unspecified atom stereocenters. The Bertz CT molecular complexity index is 693. The number of piperidine rings is 1. The van der Waals surface area contributed by atoms with E-state index in [0.717, 1.165) is 23.8 Å². The molecule has 0 radical (unpaired) electrons. The summed E-state index contributed by atoms with van der Waals surface area (Å²) in [6.07, 6.45) is 5.49. The van der Waals surface area contributed by atoms with Crippen molar-refractivity contribution >= 4 is 22.8 Å². The topological polar surface area (TPSA) is 16.4 Å². The fraction of sp³-hybridized carbons (Fsp3) is 0.400. The van der Waals surface area contributed by atoms with Gasteiger partial charge in [-0.15, -0.1) is 0 Å². The molecule has 2 aromatic heterocycles. The summed E-state index contributed by atoms with van der Waals surface area (Å²) in [5, 5.41) is 0.711. The maximum absolute atomic E-state index is 5.64. The normalized spacial score (nSPS) is 18.8. The van der Waals surface area contributed by atoms with E-state index < -0.39 is 0 Å². The highest BCUT2D eigenvalue weighted by atomic mass is 35.5. The van der Waals surface area contributed by atoms with Gasteiger partial charge in [-0.25, -0.2) is 0 Å². The Hall–Kier alpha value is -1.51. The second kappa shape index (κ2) is 7.85. The summed E-state index contributed by atoms with van der Waals surface area (Å²) >= 11 is 5.64. The Morgan fingerprint density at radius 2 is 1.96 bits per heavy atom. The zero-order valence-electron chi connectivity index (χ0n) is 13.7. The Kier molecular flexibility index (Phi) is 5.58. The monoisotopic (exact) mass is 329 g/mol. The van der Waals surface area contributed by atoms with Crippen LogP contribution >= 0.6 is 11.6 Å². The average molecular weight is 330 g/mol. The van der Waals surface area contributed by atoms with E-state index in [9.17, 15) is 0 Å². The number of benzene rings is 2. The number of nitrogens with zero attached hydrogens (tertiary/aromatic N) is 1. The van der Waals surface area contributed by atoms with E-state index in [1.54, 1.807) is 6.07 Å². The lowest BCUT2D eigenvalue weighted by atomic mass is 9.99. The molecule has 1 saturated heterocycles. The molecule has 23 heavy (non-hydrogen) atoms. The number of hydrogen-bond acceptors (Lipinski definition) is 2. The van der Waals surface area contributed by atoms with Gasteiger partial charge in [-0.1, -0.05) is 55.3 Å². The van der Waals surface area contributed by atoms with E-state index in [4.69, 9.17) is 16.0 Å². The summed E-state index contributed by atoms with van der Waals surface area (Å²) in [5.74, 6) is 0. The number of fused-ring (bicyclic) bond motifs is 2. The minimum Gasteiger partial charge on any atom is -0.456 e. The summed E-state index contributed by atoms with van der Waals surface area (Å²) in [4.78, 5) is 2.65. The molecule has 3 heterocycles. The molecule has 0 amide bonds. The van der Waals surface area contributed by atoms with Gasteiger partial charge < -0.3 is 4.42 Å². The summed E-state index contributed by atoms with van der Waals surface area (Å²) in [6, 6.07) is 17.2. The second-order valence-electron chi connectivity index (χ2n) is 6.21. The van der Waals surface area contributed by atoms with Crippen molar-refractivity contribution in [1.82, 2.24) is 4.90 Å². The molecule has 0 spiro atoms. The molecule has 1 aromatic carbocycles. The van der Waals surface area contributed by atoms with Crippen LogP contribution in [0, 0.1) is 0 Å². The molecule has 122 valence electrons. The van der Waals surface area contributed by atoms with Gasteiger partial charge in [0, 0.05) is 18.7 Å². The van der Waals surface area contributed by atoms with Crippen molar-refractivity contribution < 1.29 is 4.42 Å². The largest absolute Gasteiger partial charge is 0.456 e. The van der Waals surface area contributed by atoms with Crippen LogP contribution in [0.5, 0.6) is 0 Å². The summed E-state index contributed by atoms with van der Waals surface area (Å²) in [6.45, 7) is 4.74. The first-order valence-electron chi connectivity index (χ1n) is 8.51.